The summed E-state index contributed by atoms with van der Waals surface area (Å²) in [6, 6.07) is 5.07. The number of sulfonamides is 1. The zero-order valence-electron chi connectivity index (χ0n) is 11.5. The Morgan fingerprint density at radius 2 is 2.24 bits per heavy atom. The first-order valence-corrected chi connectivity index (χ1v) is 8.59. The molecule has 2 heterocycles. The molecule has 8 heteroatoms. The molecule has 0 spiro atoms. The summed E-state index contributed by atoms with van der Waals surface area (Å²) in [5.41, 5.74) is 0.488. The fourth-order valence-electron chi connectivity index (χ4n) is 3.01. The van der Waals surface area contributed by atoms with Gasteiger partial charge < -0.3 is 10.1 Å². The zero-order valence-corrected chi connectivity index (χ0v) is 12.3. The Morgan fingerprint density at radius 3 is 2.86 bits per heavy atom. The third kappa shape index (κ3) is 2.85. The molecule has 1 aliphatic heterocycles. The van der Waals surface area contributed by atoms with Crippen molar-refractivity contribution >= 4 is 15.8 Å². The van der Waals surface area contributed by atoms with Crippen LogP contribution in [0.25, 0.3) is 0 Å². The van der Waals surface area contributed by atoms with Gasteiger partial charge in [0.1, 0.15) is 11.9 Å². The van der Waals surface area contributed by atoms with Crippen LogP contribution in [0.1, 0.15) is 12.0 Å². The Balaban J connectivity index is 1.74. The molecule has 1 aromatic rings. The number of hydrogen-bond donors (Lipinski definition) is 2. The van der Waals surface area contributed by atoms with Crippen LogP contribution in [0.4, 0.5) is 5.82 Å². The first-order chi connectivity index (χ1) is 9.98. The second kappa shape index (κ2) is 5.26. The van der Waals surface area contributed by atoms with Crippen LogP contribution in [-0.4, -0.2) is 44.5 Å². The van der Waals surface area contributed by atoms with Crippen LogP contribution in [0, 0.1) is 17.2 Å². The molecule has 1 aromatic heterocycles. The maximum Gasteiger partial charge on any atom is 0.209 e. The topological polar surface area (TPSA) is 104 Å². The molecule has 2 fully saturated rings. The van der Waals surface area contributed by atoms with Crippen LogP contribution in [0.2, 0.25) is 0 Å². The molecule has 0 bridgehead atoms. The molecule has 0 amide bonds. The van der Waals surface area contributed by atoms with Crippen LogP contribution < -0.4 is 10.0 Å². The Hall–Kier alpha value is -1.69. The lowest BCUT2D eigenvalue weighted by molar-refractivity contribution is -0.00317. The smallest absolute Gasteiger partial charge is 0.209 e. The van der Waals surface area contributed by atoms with Crippen molar-refractivity contribution in [3.63, 3.8) is 0 Å². The lowest BCUT2D eigenvalue weighted by Crippen LogP contribution is -2.68. The van der Waals surface area contributed by atoms with Crippen LogP contribution in [0.5, 0.6) is 0 Å². The van der Waals surface area contributed by atoms with E-state index in [0.717, 1.165) is 12.7 Å². The van der Waals surface area contributed by atoms with Crippen molar-refractivity contribution in [2.45, 2.75) is 24.6 Å². The van der Waals surface area contributed by atoms with Gasteiger partial charge in [-0.25, -0.2) is 18.1 Å². The maximum atomic E-state index is 11.5. The molecule has 1 aliphatic carbocycles. The number of anilines is 1. The molecule has 4 atom stereocenters. The Labute approximate surface area is 123 Å². The van der Waals surface area contributed by atoms with Gasteiger partial charge in [-0.15, -0.1) is 0 Å². The van der Waals surface area contributed by atoms with Crippen LogP contribution in [-0.2, 0) is 14.8 Å². The summed E-state index contributed by atoms with van der Waals surface area (Å²) in [7, 11) is -3.29. The Bertz CT molecular complexity index is 668. The largest absolute Gasteiger partial charge is 0.376 e. The number of fused-ring (bicyclic) bond motifs is 1. The van der Waals surface area contributed by atoms with Crippen molar-refractivity contribution in [3.8, 4) is 6.07 Å². The van der Waals surface area contributed by atoms with Crippen molar-refractivity contribution in [2.75, 3.05) is 18.2 Å². The third-order valence-electron chi connectivity index (χ3n) is 3.94. The Kier molecular flexibility index (Phi) is 3.57. The molecule has 0 aromatic carbocycles. The van der Waals surface area contributed by atoms with E-state index in [9.17, 15) is 8.42 Å². The van der Waals surface area contributed by atoms with Crippen molar-refractivity contribution in [2.24, 2.45) is 5.92 Å². The van der Waals surface area contributed by atoms with E-state index in [1.807, 2.05) is 6.07 Å². The number of rotatable bonds is 4. The molecule has 3 rings (SSSR count). The molecule has 2 N–H and O–H groups in total. The predicted octanol–water partition coefficient (Wildman–Crippen LogP) is 0.0703. The molecule has 0 unspecified atom stereocenters. The minimum absolute atomic E-state index is 0.0485. The molecule has 0 radical (unpaired) electrons. The van der Waals surface area contributed by atoms with E-state index in [1.54, 1.807) is 12.1 Å². The van der Waals surface area contributed by atoms with Crippen LogP contribution in [0.15, 0.2) is 18.3 Å². The predicted molar refractivity (Wildman–Crippen MR) is 76.0 cm³/mol. The van der Waals surface area contributed by atoms with Gasteiger partial charge >= 0.3 is 0 Å². The summed E-state index contributed by atoms with van der Waals surface area (Å²) in [6.45, 7) is 0.649. The SMILES string of the molecule is CS(=O)(=O)N[C@@H]1[C@@H](Nc2ccc(C#N)cn2)[C@H]2CCO[C@H]21. The molecule has 2 aliphatic rings. The summed E-state index contributed by atoms with van der Waals surface area (Å²) < 4.78 is 31.1. The van der Waals surface area contributed by atoms with Gasteiger partial charge in [-0.2, -0.15) is 5.26 Å². The van der Waals surface area contributed by atoms with Gasteiger partial charge in [-0.05, 0) is 18.6 Å². The highest BCUT2D eigenvalue weighted by Crippen LogP contribution is 2.40. The van der Waals surface area contributed by atoms with Gasteiger partial charge in [-0.3, -0.25) is 0 Å². The van der Waals surface area contributed by atoms with Gasteiger partial charge in [-0.1, -0.05) is 0 Å². The van der Waals surface area contributed by atoms with Crippen molar-refractivity contribution in [1.82, 2.24) is 9.71 Å². The van der Waals surface area contributed by atoms with Gasteiger partial charge in [0.25, 0.3) is 0 Å². The minimum Gasteiger partial charge on any atom is -0.376 e. The number of ether oxygens (including phenoxy) is 1. The van der Waals surface area contributed by atoms with E-state index >= 15 is 0 Å². The fourth-order valence-corrected chi connectivity index (χ4v) is 3.78. The zero-order chi connectivity index (χ0) is 15.0. The van der Waals surface area contributed by atoms with Gasteiger partial charge in [0, 0.05) is 18.7 Å². The highest BCUT2D eigenvalue weighted by molar-refractivity contribution is 7.88. The van der Waals surface area contributed by atoms with Crippen LogP contribution in [0.3, 0.4) is 0 Å². The molecule has 1 saturated carbocycles. The van der Waals surface area contributed by atoms with E-state index in [-0.39, 0.29) is 24.1 Å². The highest BCUT2D eigenvalue weighted by Gasteiger charge is 2.55. The summed E-state index contributed by atoms with van der Waals surface area (Å²) >= 11 is 0. The van der Waals surface area contributed by atoms with E-state index in [0.29, 0.717) is 18.0 Å². The molecule has 7 nitrogen and oxygen atoms in total. The Morgan fingerprint density at radius 1 is 1.43 bits per heavy atom. The molecular weight excluding hydrogens is 292 g/mol. The second-order valence-corrected chi connectivity index (χ2v) is 7.20. The van der Waals surface area contributed by atoms with Crippen LogP contribution >= 0.6 is 0 Å². The normalized spacial score (nSPS) is 31.0. The standard InChI is InChI=1S/C13H16N4O3S/c1-21(18,19)17-12-11(9-4-5-20-13(9)12)16-10-3-2-8(6-14)7-15-10/h2-3,7,9,11-13,17H,4-5H2,1H3,(H,15,16)/t9-,11+,12-,13-/m1/s1. The number of aromatic nitrogens is 1. The summed E-state index contributed by atoms with van der Waals surface area (Å²) in [5.74, 6) is 0.909. The van der Waals surface area contributed by atoms with Gasteiger partial charge in [0.2, 0.25) is 10.0 Å². The van der Waals surface area contributed by atoms with E-state index < -0.39 is 10.0 Å². The summed E-state index contributed by atoms with van der Waals surface area (Å²) in [5, 5.41) is 12.0. The lowest BCUT2D eigenvalue weighted by Gasteiger charge is -2.47. The van der Waals surface area contributed by atoms with E-state index in [2.05, 4.69) is 15.0 Å². The second-order valence-electron chi connectivity index (χ2n) is 5.42. The van der Waals surface area contributed by atoms with Crippen molar-refractivity contribution in [1.29, 1.82) is 5.26 Å². The number of hydrogen-bond acceptors (Lipinski definition) is 6. The number of nitriles is 1. The van der Waals surface area contributed by atoms with Gasteiger partial charge in [0.15, 0.2) is 0 Å². The molecule has 112 valence electrons. The number of nitrogens with zero attached hydrogens (tertiary/aromatic N) is 2. The lowest BCUT2D eigenvalue weighted by atomic mass is 9.72. The van der Waals surface area contributed by atoms with E-state index in [4.69, 9.17) is 10.00 Å². The first-order valence-electron chi connectivity index (χ1n) is 6.69. The highest BCUT2D eigenvalue weighted by atomic mass is 32.2. The first kappa shape index (κ1) is 14.3. The summed E-state index contributed by atoms with van der Waals surface area (Å²) in [4.78, 5) is 4.16. The average molecular weight is 308 g/mol. The van der Waals surface area contributed by atoms with Crippen molar-refractivity contribution < 1.29 is 13.2 Å². The minimum atomic E-state index is -3.29. The fraction of sp³-hybridized carbons (Fsp3) is 0.538. The van der Waals surface area contributed by atoms with E-state index in [1.165, 1.54) is 6.20 Å². The van der Waals surface area contributed by atoms with Gasteiger partial charge in [0.05, 0.1) is 30.0 Å². The molecule has 21 heavy (non-hydrogen) atoms. The number of pyridine rings is 1. The maximum absolute atomic E-state index is 11.5. The average Bonchev–Trinajstić information content (AvgIpc) is 2.87. The molecular formula is C13H16N4O3S. The number of nitrogens with one attached hydrogen (secondary N) is 2. The quantitative estimate of drug-likeness (QED) is 0.816. The van der Waals surface area contributed by atoms with Crippen molar-refractivity contribution in [3.05, 3.63) is 23.9 Å². The third-order valence-corrected chi connectivity index (χ3v) is 4.64. The molecule has 1 saturated heterocycles. The summed E-state index contributed by atoms with van der Waals surface area (Å²) in [6.07, 6.45) is 3.46. The monoisotopic (exact) mass is 308 g/mol.